The monoisotopic (exact) mass is 247 g/mol. The number of aromatic nitrogens is 3. The van der Waals surface area contributed by atoms with Crippen molar-refractivity contribution in [3.8, 4) is 11.3 Å². The highest BCUT2D eigenvalue weighted by Gasteiger charge is 2.11. The molecule has 0 spiro atoms. The first-order chi connectivity index (χ1) is 7.86. The van der Waals surface area contributed by atoms with E-state index in [2.05, 4.69) is 13.7 Å². The van der Waals surface area contributed by atoms with E-state index in [-0.39, 0.29) is 0 Å². The number of pyridine rings is 1. The molecule has 0 saturated carbocycles. The van der Waals surface area contributed by atoms with Crippen LogP contribution in [-0.4, -0.2) is 13.7 Å². The minimum atomic E-state index is 0.446. The highest BCUT2D eigenvalue weighted by Crippen LogP contribution is 2.30. The summed E-state index contributed by atoms with van der Waals surface area (Å²) < 4.78 is 8.18. The molecule has 3 aromatic rings. The van der Waals surface area contributed by atoms with Crippen LogP contribution < -0.4 is 0 Å². The van der Waals surface area contributed by atoms with Gasteiger partial charge in [0.25, 0.3) is 0 Å². The molecule has 78 valence electrons. The van der Waals surface area contributed by atoms with Crippen molar-refractivity contribution in [3.63, 3.8) is 0 Å². The summed E-state index contributed by atoms with van der Waals surface area (Å²) in [5.74, 6) is 0. The van der Waals surface area contributed by atoms with Gasteiger partial charge < -0.3 is 0 Å². The Balaban J connectivity index is 2.36. The van der Waals surface area contributed by atoms with Gasteiger partial charge in [0.15, 0.2) is 5.15 Å². The molecule has 3 rings (SSSR count). The Morgan fingerprint density at radius 1 is 1.06 bits per heavy atom. The maximum absolute atomic E-state index is 5.99. The van der Waals surface area contributed by atoms with Crippen molar-refractivity contribution < 1.29 is 0 Å². The third-order valence-corrected chi connectivity index (χ3v) is 3.24. The van der Waals surface area contributed by atoms with Crippen molar-refractivity contribution in [2.24, 2.45) is 0 Å². The molecule has 0 saturated heterocycles. The summed E-state index contributed by atoms with van der Waals surface area (Å²) in [5, 5.41) is 1.49. The first kappa shape index (κ1) is 9.69. The lowest BCUT2D eigenvalue weighted by atomic mass is 10.1. The van der Waals surface area contributed by atoms with Gasteiger partial charge in [0.1, 0.15) is 5.69 Å². The van der Waals surface area contributed by atoms with Crippen LogP contribution in [0, 0.1) is 0 Å². The lowest BCUT2D eigenvalue weighted by Gasteiger charge is -2.02. The molecule has 0 aliphatic carbocycles. The van der Waals surface area contributed by atoms with E-state index >= 15 is 0 Å². The van der Waals surface area contributed by atoms with Gasteiger partial charge in [0, 0.05) is 17.1 Å². The van der Waals surface area contributed by atoms with Gasteiger partial charge in [-0.3, -0.25) is 4.98 Å². The number of benzene rings is 1. The Morgan fingerprint density at radius 2 is 2.00 bits per heavy atom. The van der Waals surface area contributed by atoms with Crippen molar-refractivity contribution in [3.05, 3.63) is 41.7 Å². The van der Waals surface area contributed by atoms with Crippen LogP contribution in [0.25, 0.3) is 22.2 Å². The largest absolute Gasteiger partial charge is 0.256 e. The molecule has 0 aliphatic heterocycles. The first-order valence-corrected chi connectivity index (χ1v) is 5.79. The van der Waals surface area contributed by atoms with Crippen LogP contribution in [0.5, 0.6) is 0 Å². The Bertz CT molecular complexity index is 645. The van der Waals surface area contributed by atoms with E-state index in [0.717, 1.165) is 33.9 Å². The maximum Gasteiger partial charge on any atom is 0.170 e. The van der Waals surface area contributed by atoms with Crippen molar-refractivity contribution in [1.29, 1.82) is 0 Å². The van der Waals surface area contributed by atoms with Gasteiger partial charge in [-0.1, -0.05) is 29.8 Å². The van der Waals surface area contributed by atoms with Crippen LogP contribution in [0.2, 0.25) is 5.15 Å². The number of halogens is 1. The summed E-state index contributed by atoms with van der Waals surface area (Å²) in [4.78, 5) is 4.29. The van der Waals surface area contributed by atoms with E-state index in [9.17, 15) is 0 Å². The molecule has 3 nitrogen and oxygen atoms in total. The van der Waals surface area contributed by atoms with Crippen molar-refractivity contribution in [2.45, 2.75) is 0 Å². The maximum atomic E-state index is 5.99. The number of fused-ring (bicyclic) bond motifs is 1. The Morgan fingerprint density at radius 3 is 2.81 bits per heavy atom. The van der Waals surface area contributed by atoms with E-state index in [4.69, 9.17) is 11.6 Å². The average molecular weight is 248 g/mol. The number of rotatable bonds is 1. The summed E-state index contributed by atoms with van der Waals surface area (Å²) in [5.41, 5.74) is 2.64. The normalized spacial score (nSPS) is 10.8. The molecule has 0 N–H and O–H groups in total. The van der Waals surface area contributed by atoms with Crippen LogP contribution in [-0.2, 0) is 0 Å². The summed E-state index contributed by atoms with van der Waals surface area (Å²) in [7, 11) is 0. The second-order valence-electron chi connectivity index (χ2n) is 3.28. The fraction of sp³-hybridized carbons (Fsp3) is 0. The fourth-order valence-electron chi connectivity index (χ4n) is 1.65. The molecule has 16 heavy (non-hydrogen) atoms. The minimum absolute atomic E-state index is 0.446. The van der Waals surface area contributed by atoms with Gasteiger partial charge in [-0.25, -0.2) is 0 Å². The standard InChI is InChI=1S/C11H6ClN3S/c12-11-10(14-16-15-11)8-3-1-5-9-7(8)4-2-6-13-9/h1-6H. The molecule has 0 bridgehead atoms. The van der Waals surface area contributed by atoms with Crippen molar-refractivity contribution in [2.75, 3.05) is 0 Å². The quantitative estimate of drug-likeness (QED) is 0.662. The fourth-order valence-corrected chi connectivity index (χ4v) is 2.40. The molecule has 0 atom stereocenters. The highest BCUT2D eigenvalue weighted by atomic mass is 35.5. The molecule has 5 heteroatoms. The number of hydrogen-bond donors (Lipinski definition) is 0. The molecule has 0 unspecified atom stereocenters. The van der Waals surface area contributed by atoms with Gasteiger partial charge in [0.05, 0.1) is 17.2 Å². The summed E-state index contributed by atoms with van der Waals surface area (Å²) in [6, 6.07) is 9.80. The molecule has 2 aromatic heterocycles. The van der Waals surface area contributed by atoms with Crippen LogP contribution >= 0.6 is 23.3 Å². The highest BCUT2D eigenvalue weighted by molar-refractivity contribution is 6.99. The van der Waals surface area contributed by atoms with Crippen molar-refractivity contribution >= 4 is 34.2 Å². The van der Waals surface area contributed by atoms with E-state index in [0.29, 0.717) is 5.15 Å². The molecular formula is C11H6ClN3S. The molecule has 0 amide bonds. The zero-order valence-electron chi connectivity index (χ0n) is 8.09. The predicted octanol–water partition coefficient (Wildman–Crippen LogP) is 3.41. The molecule has 0 radical (unpaired) electrons. The van der Waals surface area contributed by atoms with Gasteiger partial charge in [-0.05, 0) is 12.1 Å². The van der Waals surface area contributed by atoms with Gasteiger partial charge in [-0.15, -0.1) is 0 Å². The van der Waals surface area contributed by atoms with E-state index < -0.39 is 0 Å². The summed E-state index contributed by atoms with van der Waals surface area (Å²) in [6.07, 6.45) is 1.77. The Kier molecular flexibility index (Phi) is 2.31. The van der Waals surface area contributed by atoms with E-state index in [1.165, 1.54) is 0 Å². The van der Waals surface area contributed by atoms with E-state index in [1.807, 2.05) is 30.3 Å². The molecule has 2 heterocycles. The zero-order chi connectivity index (χ0) is 11.0. The van der Waals surface area contributed by atoms with Crippen LogP contribution in [0.15, 0.2) is 36.5 Å². The Labute approximate surface area is 101 Å². The van der Waals surface area contributed by atoms with Gasteiger partial charge >= 0.3 is 0 Å². The molecule has 1 aromatic carbocycles. The first-order valence-electron chi connectivity index (χ1n) is 4.68. The second-order valence-corrected chi connectivity index (χ2v) is 4.17. The molecule has 0 fully saturated rings. The van der Waals surface area contributed by atoms with Crippen molar-refractivity contribution in [1.82, 2.24) is 13.7 Å². The van der Waals surface area contributed by atoms with Gasteiger partial charge in [0.2, 0.25) is 0 Å². The van der Waals surface area contributed by atoms with E-state index in [1.54, 1.807) is 6.20 Å². The lowest BCUT2D eigenvalue weighted by molar-refractivity contribution is 1.41. The molecular weight excluding hydrogens is 242 g/mol. The summed E-state index contributed by atoms with van der Waals surface area (Å²) >= 11 is 7.11. The van der Waals surface area contributed by atoms with Gasteiger partial charge in [-0.2, -0.15) is 8.75 Å². The number of nitrogens with zero attached hydrogens (tertiary/aromatic N) is 3. The minimum Gasteiger partial charge on any atom is -0.256 e. The lowest BCUT2D eigenvalue weighted by Crippen LogP contribution is -1.83. The number of hydrogen-bond acceptors (Lipinski definition) is 4. The third-order valence-electron chi connectivity index (χ3n) is 2.35. The second kappa shape index (κ2) is 3.81. The topological polar surface area (TPSA) is 38.7 Å². The van der Waals surface area contributed by atoms with Crippen LogP contribution in [0.4, 0.5) is 0 Å². The molecule has 0 aliphatic rings. The smallest absolute Gasteiger partial charge is 0.170 e. The average Bonchev–Trinajstić information content (AvgIpc) is 2.75. The summed E-state index contributed by atoms with van der Waals surface area (Å²) in [6.45, 7) is 0. The van der Waals surface area contributed by atoms with Crippen LogP contribution in [0.3, 0.4) is 0 Å². The zero-order valence-corrected chi connectivity index (χ0v) is 9.66. The third kappa shape index (κ3) is 1.47. The Hall–Kier alpha value is -1.52. The predicted molar refractivity (Wildman–Crippen MR) is 65.7 cm³/mol. The van der Waals surface area contributed by atoms with Crippen LogP contribution in [0.1, 0.15) is 0 Å². The SMILES string of the molecule is Clc1nsnc1-c1cccc2ncccc12.